The van der Waals surface area contributed by atoms with Crippen LogP contribution in [0.5, 0.6) is 5.75 Å². The summed E-state index contributed by atoms with van der Waals surface area (Å²) in [5.74, 6) is 1.05. The molecule has 3 aromatic rings. The molecule has 0 saturated carbocycles. The van der Waals surface area contributed by atoms with Crippen molar-refractivity contribution in [1.82, 2.24) is 14.9 Å². The number of carbonyl (C=O) groups is 1. The van der Waals surface area contributed by atoms with E-state index in [4.69, 9.17) is 4.74 Å². The summed E-state index contributed by atoms with van der Waals surface area (Å²) < 4.78 is 18.5. The van der Waals surface area contributed by atoms with Gasteiger partial charge in [0.2, 0.25) is 0 Å². The van der Waals surface area contributed by atoms with E-state index in [9.17, 15) is 9.18 Å². The van der Waals surface area contributed by atoms with Crippen molar-refractivity contribution in [1.29, 1.82) is 0 Å². The maximum Gasteiger partial charge on any atom is 0.260 e. The van der Waals surface area contributed by atoms with Gasteiger partial charge in [-0.05, 0) is 68.3 Å². The van der Waals surface area contributed by atoms with Gasteiger partial charge in [0.25, 0.3) is 5.91 Å². The lowest BCUT2D eigenvalue weighted by atomic mass is 9.94. The van der Waals surface area contributed by atoms with Crippen LogP contribution >= 0.6 is 0 Å². The number of halogens is 1. The predicted molar refractivity (Wildman–Crippen MR) is 117 cm³/mol. The van der Waals surface area contributed by atoms with Gasteiger partial charge in [-0.2, -0.15) is 0 Å². The highest BCUT2D eigenvalue weighted by atomic mass is 19.1. The summed E-state index contributed by atoms with van der Waals surface area (Å²) >= 11 is 0. The van der Waals surface area contributed by atoms with Crippen LogP contribution in [0.4, 0.5) is 15.9 Å². The summed E-state index contributed by atoms with van der Waals surface area (Å²) in [5.41, 5.74) is 2.79. The third-order valence-corrected chi connectivity index (χ3v) is 5.32. The summed E-state index contributed by atoms with van der Waals surface area (Å²) in [4.78, 5) is 23.5. The highest BCUT2D eigenvalue weighted by Gasteiger charge is 2.25. The van der Waals surface area contributed by atoms with E-state index in [2.05, 4.69) is 15.3 Å². The summed E-state index contributed by atoms with van der Waals surface area (Å²) in [7, 11) is 0. The van der Waals surface area contributed by atoms with Crippen molar-refractivity contribution >= 4 is 17.4 Å². The maximum absolute atomic E-state index is 13.0. The van der Waals surface area contributed by atoms with Gasteiger partial charge < -0.3 is 15.0 Å². The van der Waals surface area contributed by atoms with Crippen LogP contribution in [0.25, 0.3) is 0 Å². The molecule has 31 heavy (non-hydrogen) atoms. The minimum atomic E-state index is -0.332. The number of benzene rings is 1. The lowest BCUT2D eigenvalue weighted by molar-refractivity contribution is -0.134. The molecular weight excluding hydrogens is 395 g/mol. The molecule has 1 N–H and O–H groups in total. The standard InChI is InChI=1S/C24H25FN4O2/c1-17-4-2-6-23(27-17)28-20-9-12-22(26-14-20)18-5-3-13-29(15-18)24(30)16-31-21-10-7-19(25)8-11-21/h2,4,6-12,14,18H,3,5,13,15-16H2,1H3,(H,27,28)/t18-/m0/s1. The molecule has 1 aliphatic rings. The zero-order chi connectivity index (χ0) is 21.6. The molecule has 1 fully saturated rings. The lowest BCUT2D eigenvalue weighted by Gasteiger charge is -2.32. The third-order valence-electron chi connectivity index (χ3n) is 5.32. The van der Waals surface area contributed by atoms with Crippen molar-refractivity contribution in [3.63, 3.8) is 0 Å². The number of nitrogens with one attached hydrogen (secondary N) is 1. The van der Waals surface area contributed by atoms with E-state index >= 15 is 0 Å². The molecule has 0 radical (unpaired) electrons. The number of carbonyl (C=O) groups excluding carboxylic acids is 1. The Labute approximate surface area is 181 Å². The number of aryl methyl sites for hydroxylation is 1. The van der Waals surface area contributed by atoms with Crippen LogP contribution < -0.4 is 10.1 Å². The van der Waals surface area contributed by atoms with E-state index in [1.54, 1.807) is 6.20 Å². The number of nitrogens with zero attached hydrogens (tertiary/aromatic N) is 3. The maximum atomic E-state index is 13.0. The third kappa shape index (κ3) is 5.57. The Balaban J connectivity index is 1.33. The predicted octanol–water partition coefficient (Wildman–Crippen LogP) is 4.45. The fourth-order valence-electron chi connectivity index (χ4n) is 3.69. The molecule has 1 atom stereocenters. The Morgan fingerprint density at radius 1 is 1.19 bits per heavy atom. The van der Waals surface area contributed by atoms with Gasteiger partial charge in [0, 0.05) is 30.4 Å². The van der Waals surface area contributed by atoms with Crippen LogP contribution in [0.3, 0.4) is 0 Å². The van der Waals surface area contributed by atoms with Crippen LogP contribution in [0.15, 0.2) is 60.8 Å². The molecule has 1 aromatic carbocycles. The minimum absolute atomic E-state index is 0.0574. The lowest BCUT2D eigenvalue weighted by Crippen LogP contribution is -2.41. The zero-order valence-corrected chi connectivity index (χ0v) is 17.4. The number of aromatic nitrogens is 2. The molecule has 0 aliphatic carbocycles. The van der Waals surface area contributed by atoms with E-state index in [-0.39, 0.29) is 24.2 Å². The number of hydrogen-bond donors (Lipinski definition) is 1. The Kier molecular flexibility index (Phi) is 6.40. The van der Waals surface area contributed by atoms with Crippen molar-refractivity contribution in [3.8, 4) is 5.75 Å². The number of piperidine rings is 1. The van der Waals surface area contributed by atoms with Crippen molar-refractivity contribution in [3.05, 3.63) is 78.0 Å². The second-order valence-corrected chi connectivity index (χ2v) is 7.68. The van der Waals surface area contributed by atoms with Gasteiger partial charge in [-0.25, -0.2) is 9.37 Å². The van der Waals surface area contributed by atoms with Crippen LogP contribution in [0.2, 0.25) is 0 Å². The second kappa shape index (κ2) is 9.55. The molecule has 4 rings (SSSR count). The fourth-order valence-corrected chi connectivity index (χ4v) is 3.69. The molecule has 0 spiro atoms. The molecule has 2 aromatic heterocycles. The summed E-state index contributed by atoms with van der Waals surface area (Å²) in [6.45, 7) is 3.22. The Hall–Kier alpha value is -3.48. The average molecular weight is 420 g/mol. The first kappa shape index (κ1) is 20.8. The molecule has 1 amide bonds. The van der Waals surface area contributed by atoms with E-state index in [1.807, 2.05) is 42.2 Å². The van der Waals surface area contributed by atoms with Gasteiger partial charge in [0.1, 0.15) is 17.4 Å². The summed E-state index contributed by atoms with van der Waals surface area (Å²) in [6, 6.07) is 15.5. The normalized spacial score (nSPS) is 16.1. The molecule has 0 unspecified atom stereocenters. The van der Waals surface area contributed by atoms with Crippen LogP contribution in [0.1, 0.15) is 30.1 Å². The number of rotatable bonds is 6. The van der Waals surface area contributed by atoms with Gasteiger partial charge in [-0.1, -0.05) is 6.07 Å². The van der Waals surface area contributed by atoms with Gasteiger partial charge in [0.05, 0.1) is 11.9 Å². The quantitative estimate of drug-likeness (QED) is 0.638. The highest BCUT2D eigenvalue weighted by molar-refractivity contribution is 5.78. The topological polar surface area (TPSA) is 67.4 Å². The second-order valence-electron chi connectivity index (χ2n) is 7.68. The van der Waals surface area contributed by atoms with E-state index in [0.29, 0.717) is 18.8 Å². The van der Waals surface area contributed by atoms with E-state index in [0.717, 1.165) is 35.7 Å². The fraction of sp³-hybridized carbons (Fsp3) is 0.292. The van der Waals surface area contributed by atoms with E-state index < -0.39 is 0 Å². The van der Waals surface area contributed by atoms with E-state index in [1.165, 1.54) is 24.3 Å². The molecule has 7 heteroatoms. The van der Waals surface area contributed by atoms with Crippen LogP contribution in [-0.2, 0) is 4.79 Å². The summed E-state index contributed by atoms with van der Waals surface area (Å²) in [6.07, 6.45) is 3.71. The first-order valence-corrected chi connectivity index (χ1v) is 10.4. The van der Waals surface area contributed by atoms with Gasteiger partial charge in [-0.15, -0.1) is 0 Å². The number of hydrogen-bond acceptors (Lipinski definition) is 5. The highest BCUT2D eigenvalue weighted by Crippen LogP contribution is 2.27. The van der Waals surface area contributed by atoms with Gasteiger partial charge >= 0.3 is 0 Å². The average Bonchev–Trinajstić information content (AvgIpc) is 2.79. The first-order valence-electron chi connectivity index (χ1n) is 10.4. The number of ether oxygens (including phenoxy) is 1. The molecule has 160 valence electrons. The number of likely N-dealkylation sites (tertiary alicyclic amines) is 1. The van der Waals surface area contributed by atoms with Crippen molar-refractivity contribution in [2.24, 2.45) is 0 Å². The minimum Gasteiger partial charge on any atom is -0.484 e. The van der Waals surface area contributed by atoms with Crippen LogP contribution in [-0.4, -0.2) is 40.5 Å². The van der Waals surface area contributed by atoms with Crippen LogP contribution in [0, 0.1) is 12.7 Å². The molecule has 6 nitrogen and oxygen atoms in total. The Morgan fingerprint density at radius 3 is 2.77 bits per heavy atom. The largest absolute Gasteiger partial charge is 0.484 e. The SMILES string of the molecule is Cc1cccc(Nc2ccc([C@H]3CCCN(C(=O)COc4ccc(F)cc4)C3)nc2)n1. The monoisotopic (exact) mass is 420 g/mol. The molecule has 1 saturated heterocycles. The van der Waals surface area contributed by atoms with Crippen molar-refractivity contribution < 1.29 is 13.9 Å². The first-order chi connectivity index (χ1) is 15.1. The Morgan fingerprint density at radius 2 is 2.03 bits per heavy atom. The molecule has 1 aliphatic heterocycles. The number of amides is 1. The smallest absolute Gasteiger partial charge is 0.260 e. The molecule has 3 heterocycles. The zero-order valence-electron chi connectivity index (χ0n) is 17.4. The number of pyridine rings is 2. The van der Waals surface area contributed by atoms with Gasteiger partial charge in [0.15, 0.2) is 6.61 Å². The van der Waals surface area contributed by atoms with Crippen molar-refractivity contribution in [2.45, 2.75) is 25.7 Å². The summed E-state index contributed by atoms with van der Waals surface area (Å²) in [5, 5.41) is 3.26. The van der Waals surface area contributed by atoms with Gasteiger partial charge in [-0.3, -0.25) is 9.78 Å². The molecular formula is C24H25FN4O2. The van der Waals surface area contributed by atoms with Crippen molar-refractivity contribution in [2.75, 3.05) is 25.0 Å². The molecule has 0 bridgehead atoms. The Bertz CT molecular complexity index is 1020. The number of anilines is 2.